The molecule has 5 nitrogen and oxygen atoms in total. The van der Waals surface area contributed by atoms with E-state index < -0.39 is 0 Å². The maximum Gasteiger partial charge on any atom is 0.212 e. The van der Waals surface area contributed by atoms with E-state index in [-0.39, 0.29) is 0 Å². The van der Waals surface area contributed by atoms with E-state index in [1.54, 1.807) is 4.68 Å². The molecule has 0 bridgehead atoms. The van der Waals surface area contributed by atoms with Gasteiger partial charge < -0.3 is 4.74 Å². The monoisotopic (exact) mass is 402 g/mol. The molecule has 0 aliphatic heterocycles. The maximum atomic E-state index is 6.00. The van der Waals surface area contributed by atoms with Gasteiger partial charge in [-0.2, -0.15) is 9.78 Å². The van der Waals surface area contributed by atoms with Crippen molar-refractivity contribution >= 4 is 28.7 Å². The molecule has 0 N–H and O–H groups in total. The number of hydrogen-bond donors (Lipinski definition) is 0. The summed E-state index contributed by atoms with van der Waals surface area (Å²) in [6, 6.07) is 22.3. The predicted octanol–water partition coefficient (Wildman–Crippen LogP) is 5.49. The van der Waals surface area contributed by atoms with Crippen LogP contribution in [0.15, 0.2) is 77.0 Å². The van der Waals surface area contributed by atoms with Crippen LogP contribution in [0.4, 0.5) is 0 Å². The molecule has 4 aromatic rings. The topological polar surface area (TPSA) is 52.3 Å². The van der Waals surface area contributed by atoms with E-state index >= 15 is 0 Å². The minimum atomic E-state index is 0.664. The van der Waals surface area contributed by atoms with Gasteiger partial charge in [-0.3, -0.25) is 0 Å². The fraction of sp³-hybridized carbons (Fsp3) is 0.174. The number of rotatable bonds is 7. The molecule has 3 aromatic carbocycles. The molecule has 4 rings (SSSR count). The SMILES string of the molecule is CCCOc1ccc2ccccc2c1/C=N/n1c(SC)nnc1-c1ccccc1. The summed E-state index contributed by atoms with van der Waals surface area (Å²) in [5, 5.41) is 16.4. The van der Waals surface area contributed by atoms with Gasteiger partial charge in [-0.25, -0.2) is 0 Å². The molecular formula is C23H22N4OS. The average molecular weight is 403 g/mol. The van der Waals surface area contributed by atoms with Gasteiger partial charge in [0.05, 0.1) is 12.8 Å². The molecule has 0 saturated carbocycles. The summed E-state index contributed by atoms with van der Waals surface area (Å²) in [7, 11) is 0. The maximum absolute atomic E-state index is 6.00. The van der Waals surface area contributed by atoms with Crippen LogP contribution in [-0.4, -0.2) is 34.0 Å². The van der Waals surface area contributed by atoms with Crippen LogP contribution >= 0.6 is 11.8 Å². The number of nitrogens with zero attached hydrogens (tertiary/aromatic N) is 4. The first-order chi connectivity index (χ1) is 14.3. The molecule has 29 heavy (non-hydrogen) atoms. The molecule has 1 aromatic heterocycles. The summed E-state index contributed by atoms with van der Waals surface area (Å²) >= 11 is 1.51. The molecule has 0 fully saturated rings. The number of benzene rings is 3. The third-order valence-corrected chi connectivity index (χ3v) is 5.14. The minimum absolute atomic E-state index is 0.664. The van der Waals surface area contributed by atoms with Crippen LogP contribution in [0.3, 0.4) is 0 Å². The third kappa shape index (κ3) is 4.03. The summed E-state index contributed by atoms with van der Waals surface area (Å²) in [6.45, 7) is 2.76. The van der Waals surface area contributed by atoms with Crippen molar-refractivity contribution in [2.45, 2.75) is 18.5 Å². The smallest absolute Gasteiger partial charge is 0.212 e. The molecule has 0 aliphatic carbocycles. The Morgan fingerprint density at radius 3 is 2.59 bits per heavy atom. The number of hydrogen-bond acceptors (Lipinski definition) is 5. The second-order valence-electron chi connectivity index (χ2n) is 6.48. The molecule has 0 radical (unpaired) electrons. The number of fused-ring (bicyclic) bond motifs is 1. The van der Waals surface area contributed by atoms with E-state index in [0.717, 1.165) is 39.2 Å². The Kier molecular flexibility index (Phi) is 5.91. The number of ether oxygens (including phenoxy) is 1. The summed E-state index contributed by atoms with van der Waals surface area (Å²) < 4.78 is 7.78. The van der Waals surface area contributed by atoms with Gasteiger partial charge in [0.15, 0.2) is 5.82 Å². The van der Waals surface area contributed by atoms with Gasteiger partial charge in [0.25, 0.3) is 0 Å². The lowest BCUT2D eigenvalue weighted by Gasteiger charge is -2.11. The van der Waals surface area contributed by atoms with Crippen LogP contribution in [0, 0.1) is 0 Å². The summed E-state index contributed by atoms with van der Waals surface area (Å²) in [5.74, 6) is 1.54. The zero-order chi connectivity index (χ0) is 20.1. The second kappa shape index (κ2) is 8.92. The lowest BCUT2D eigenvalue weighted by Crippen LogP contribution is -2.01. The Bertz CT molecular complexity index is 1140. The van der Waals surface area contributed by atoms with Gasteiger partial charge in [-0.05, 0) is 29.5 Å². The summed E-state index contributed by atoms with van der Waals surface area (Å²) in [6.07, 6.45) is 4.77. The summed E-state index contributed by atoms with van der Waals surface area (Å²) in [4.78, 5) is 0. The normalized spacial score (nSPS) is 11.4. The molecule has 0 amide bonds. The van der Waals surface area contributed by atoms with E-state index in [1.165, 1.54) is 11.8 Å². The molecule has 146 valence electrons. The highest BCUT2D eigenvalue weighted by atomic mass is 32.2. The molecule has 6 heteroatoms. The predicted molar refractivity (Wildman–Crippen MR) is 120 cm³/mol. The van der Waals surface area contributed by atoms with Crippen LogP contribution in [0.1, 0.15) is 18.9 Å². The van der Waals surface area contributed by atoms with Crippen molar-refractivity contribution in [1.29, 1.82) is 0 Å². The molecule has 1 heterocycles. The van der Waals surface area contributed by atoms with Crippen LogP contribution in [0.2, 0.25) is 0 Å². The van der Waals surface area contributed by atoms with E-state index in [1.807, 2.05) is 61.0 Å². The Labute approximate surface area is 174 Å². The molecular weight excluding hydrogens is 380 g/mol. The van der Waals surface area contributed by atoms with Crippen molar-refractivity contribution in [1.82, 2.24) is 14.9 Å². The lowest BCUT2D eigenvalue weighted by molar-refractivity contribution is 0.317. The molecule has 0 atom stereocenters. The van der Waals surface area contributed by atoms with Gasteiger partial charge in [-0.15, -0.1) is 10.2 Å². The van der Waals surface area contributed by atoms with E-state index in [4.69, 9.17) is 9.84 Å². The van der Waals surface area contributed by atoms with Crippen molar-refractivity contribution in [2.75, 3.05) is 12.9 Å². The Morgan fingerprint density at radius 2 is 1.79 bits per heavy atom. The molecule has 0 saturated heterocycles. The second-order valence-corrected chi connectivity index (χ2v) is 7.25. The van der Waals surface area contributed by atoms with Crippen LogP contribution in [0.5, 0.6) is 5.75 Å². The standard InChI is InChI=1S/C23H22N4OS/c1-3-15-28-21-14-13-17-9-7-8-12-19(17)20(21)16-24-27-22(25-26-23(27)29-2)18-10-5-4-6-11-18/h4-14,16H,3,15H2,1-2H3/b24-16+. The summed E-state index contributed by atoms with van der Waals surface area (Å²) in [5.41, 5.74) is 1.93. The van der Waals surface area contributed by atoms with Crippen molar-refractivity contribution in [3.05, 3.63) is 72.3 Å². The Balaban J connectivity index is 1.82. The third-order valence-electron chi connectivity index (χ3n) is 4.52. The molecule has 0 spiro atoms. The molecule has 0 unspecified atom stereocenters. The fourth-order valence-corrected chi connectivity index (χ4v) is 3.56. The highest BCUT2D eigenvalue weighted by molar-refractivity contribution is 7.98. The van der Waals surface area contributed by atoms with Gasteiger partial charge in [0.2, 0.25) is 5.16 Å². The zero-order valence-electron chi connectivity index (χ0n) is 16.4. The lowest BCUT2D eigenvalue weighted by atomic mass is 10.0. The van der Waals surface area contributed by atoms with Gasteiger partial charge >= 0.3 is 0 Å². The van der Waals surface area contributed by atoms with E-state index in [2.05, 4.69) is 35.3 Å². The van der Waals surface area contributed by atoms with Crippen molar-refractivity contribution in [2.24, 2.45) is 5.10 Å². The van der Waals surface area contributed by atoms with E-state index in [9.17, 15) is 0 Å². The Hall–Kier alpha value is -3.12. The van der Waals surface area contributed by atoms with Crippen molar-refractivity contribution in [3.8, 4) is 17.1 Å². The van der Waals surface area contributed by atoms with Crippen molar-refractivity contribution in [3.63, 3.8) is 0 Å². The highest BCUT2D eigenvalue weighted by Crippen LogP contribution is 2.28. The zero-order valence-corrected chi connectivity index (χ0v) is 17.3. The minimum Gasteiger partial charge on any atom is -0.493 e. The van der Waals surface area contributed by atoms with E-state index in [0.29, 0.717) is 12.4 Å². The first-order valence-electron chi connectivity index (χ1n) is 9.55. The average Bonchev–Trinajstić information content (AvgIpc) is 3.19. The first kappa shape index (κ1) is 19.2. The highest BCUT2D eigenvalue weighted by Gasteiger charge is 2.13. The Morgan fingerprint density at radius 1 is 1.00 bits per heavy atom. The number of aromatic nitrogens is 3. The van der Waals surface area contributed by atoms with Crippen LogP contribution in [0.25, 0.3) is 22.2 Å². The van der Waals surface area contributed by atoms with Gasteiger partial charge in [0.1, 0.15) is 5.75 Å². The number of thioether (sulfide) groups is 1. The van der Waals surface area contributed by atoms with Crippen molar-refractivity contribution < 1.29 is 4.74 Å². The van der Waals surface area contributed by atoms with Gasteiger partial charge in [0, 0.05) is 11.1 Å². The quantitative estimate of drug-likeness (QED) is 0.303. The fourth-order valence-electron chi connectivity index (χ4n) is 3.13. The van der Waals surface area contributed by atoms with Crippen LogP contribution < -0.4 is 4.74 Å². The first-order valence-corrected chi connectivity index (χ1v) is 10.8. The molecule has 0 aliphatic rings. The largest absolute Gasteiger partial charge is 0.493 e. The van der Waals surface area contributed by atoms with Gasteiger partial charge in [-0.1, -0.05) is 79.3 Å². The van der Waals surface area contributed by atoms with Crippen LogP contribution in [-0.2, 0) is 0 Å².